The molecule has 0 aliphatic carbocycles. The zero-order valence-corrected chi connectivity index (χ0v) is 17.7. The van der Waals surface area contributed by atoms with E-state index in [1.54, 1.807) is 24.4 Å². The molecule has 0 fully saturated rings. The number of nitrogens with one attached hydrogen (secondary N) is 1. The Morgan fingerprint density at radius 2 is 1.80 bits per heavy atom. The molecule has 4 aromatic heterocycles. The third-order valence-electron chi connectivity index (χ3n) is 4.83. The molecule has 1 atom stereocenters. The molecule has 35 heavy (non-hydrogen) atoms. The van der Waals surface area contributed by atoms with Gasteiger partial charge in [0.15, 0.2) is 0 Å². The molecule has 0 saturated carbocycles. The van der Waals surface area contributed by atoms with Crippen molar-refractivity contribution in [1.82, 2.24) is 40.5 Å². The van der Waals surface area contributed by atoms with Crippen molar-refractivity contribution in [3.05, 3.63) is 54.4 Å². The highest BCUT2D eigenvalue weighted by atomic mass is 19.3. The summed E-state index contributed by atoms with van der Waals surface area (Å²) in [6.45, 7) is -0.0999. The Morgan fingerprint density at radius 1 is 1.03 bits per heavy atom. The first-order valence-electron chi connectivity index (χ1n) is 10.1. The van der Waals surface area contributed by atoms with E-state index in [0.29, 0.717) is 28.3 Å². The van der Waals surface area contributed by atoms with Crippen molar-refractivity contribution in [2.75, 3.05) is 12.3 Å². The summed E-state index contributed by atoms with van der Waals surface area (Å²) in [4.78, 5) is 19.6. The first-order chi connectivity index (χ1) is 16.8. The molecule has 11 nitrogen and oxygen atoms in total. The fraction of sp³-hybridized carbons (Fsp3) is 0.250. The van der Waals surface area contributed by atoms with Crippen molar-refractivity contribution in [2.45, 2.75) is 25.3 Å². The summed E-state index contributed by atoms with van der Waals surface area (Å²) in [5.74, 6) is -2.02. The first kappa shape index (κ1) is 23.7. The minimum absolute atomic E-state index is 0.0999. The molecule has 0 aliphatic heterocycles. The van der Waals surface area contributed by atoms with Crippen LogP contribution in [0.5, 0.6) is 0 Å². The van der Waals surface area contributed by atoms with E-state index in [9.17, 15) is 22.4 Å². The lowest BCUT2D eigenvalue weighted by Crippen LogP contribution is -2.31. The van der Waals surface area contributed by atoms with Crippen LogP contribution in [0.3, 0.4) is 0 Å². The van der Waals surface area contributed by atoms with Gasteiger partial charge in [0.2, 0.25) is 5.89 Å². The minimum atomic E-state index is -3.14. The Balaban J connectivity index is 1.59. The molecule has 4 rings (SSSR count). The summed E-state index contributed by atoms with van der Waals surface area (Å²) < 4.78 is 56.9. The topological polar surface area (TPSA) is 151 Å². The van der Waals surface area contributed by atoms with Crippen LogP contribution in [0.4, 0.5) is 23.4 Å². The zero-order valence-electron chi connectivity index (χ0n) is 17.7. The third kappa shape index (κ3) is 5.56. The highest BCUT2D eigenvalue weighted by Crippen LogP contribution is 2.26. The SMILES string of the molecule is Nc1ccc(-c2cn(C(CCNC(=O)C(F)F)c3ccc(-c4nnc(C(F)F)o4)cn3)nn2)cn1. The van der Waals surface area contributed by atoms with Crippen LogP contribution < -0.4 is 11.1 Å². The monoisotopic (exact) mass is 491 g/mol. The van der Waals surface area contributed by atoms with E-state index in [2.05, 4.69) is 35.8 Å². The van der Waals surface area contributed by atoms with Gasteiger partial charge in [-0.25, -0.2) is 9.67 Å². The van der Waals surface area contributed by atoms with Gasteiger partial charge >= 0.3 is 12.9 Å². The molecule has 4 heterocycles. The van der Waals surface area contributed by atoms with E-state index in [0.717, 1.165) is 0 Å². The van der Waals surface area contributed by atoms with Gasteiger partial charge in [-0.3, -0.25) is 9.78 Å². The van der Waals surface area contributed by atoms with E-state index >= 15 is 0 Å². The average Bonchev–Trinajstić information content (AvgIpc) is 3.53. The van der Waals surface area contributed by atoms with Crippen LogP contribution in [-0.4, -0.2) is 54.0 Å². The molecule has 0 bridgehead atoms. The largest absolute Gasteiger partial charge is 0.415 e. The van der Waals surface area contributed by atoms with Gasteiger partial charge in [-0.2, -0.15) is 17.6 Å². The summed E-state index contributed by atoms with van der Waals surface area (Å²) in [6.07, 6.45) is -1.44. The molecule has 4 aromatic rings. The molecular weight excluding hydrogens is 474 g/mol. The van der Waals surface area contributed by atoms with Gasteiger partial charge in [-0.15, -0.1) is 15.3 Å². The lowest BCUT2D eigenvalue weighted by molar-refractivity contribution is -0.131. The smallest absolute Gasteiger partial charge is 0.315 e. The molecule has 0 saturated heterocycles. The van der Waals surface area contributed by atoms with Crippen molar-refractivity contribution in [1.29, 1.82) is 0 Å². The van der Waals surface area contributed by atoms with Gasteiger partial charge in [0.25, 0.3) is 11.8 Å². The maximum Gasteiger partial charge on any atom is 0.315 e. The number of aromatic nitrogens is 7. The number of carbonyl (C=O) groups is 1. The van der Waals surface area contributed by atoms with Gasteiger partial charge in [0, 0.05) is 24.5 Å². The second kappa shape index (κ2) is 10.2. The van der Waals surface area contributed by atoms with Crippen LogP contribution in [0.25, 0.3) is 22.7 Å². The van der Waals surface area contributed by atoms with Gasteiger partial charge in [-0.1, -0.05) is 5.21 Å². The van der Waals surface area contributed by atoms with E-state index in [1.807, 2.05) is 0 Å². The van der Waals surface area contributed by atoms with E-state index in [-0.39, 0.29) is 18.9 Å². The fourth-order valence-electron chi connectivity index (χ4n) is 3.11. The zero-order chi connectivity index (χ0) is 24.9. The maximum atomic E-state index is 12.7. The number of hydrogen-bond donors (Lipinski definition) is 2. The quantitative estimate of drug-likeness (QED) is 0.337. The van der Waals surface area contributed by atoms with Crippen LogP contribution in [0.15, 0.2) is 47.3 Å². The van der Waals surface area contributed by atoms with Gasteiger partial charge in [-0.05, 0) is 30.7 Å². The summed E-state index contributed by atoms with van der Waals surface area (Å²) >= 11 is 0. The Hall–Kier alpha value is -4.43. The van der Waals surface area contributed by atoms with E-state index in [1.165, 1.54) is 23.1 Å². The van der Waals surface area contributed by atoms with Gasteiger partial charge in [0.1, 0.15) is 11.5 Å². The minimum Gasteiger partial charge on any atom is -0.415 e. The van der Waals surface area contributed by atoms with Crippen LogP contribution in [0.2, 0.25) is 0 Å². The number of pyridine rings is 2. The molecule has 0 spiro atoms. The molecule has 3 N–H and O–H groups in total. The summed E-state index contributed by atoms with van der Waals surface area (Å²) in [6, 6.07) is 5.78. The first-order valence-corrected chi connectivity index (χ1v) is 10.1. The number of rotatable bonds is 9. The Bertz CT molecular complexity index is 1280. The normalized spacial score (nSPS) is 12.3. The maximum absolute atomic E-state index is 12.7. The summed E-state index contributed by atoms with van der Waals surface area (Å²) in [5.41, 5.74) is 7.45. The summed E-state index contributed by atoms with van der Waals surface area (Å²) in [7, 11) is 0. The lowest BCUT2D eigenvalue weighted by atomic mass is 10.1. The highest BCUT2D eigenvalue weighted by molar-refractivity contribution is 5.79. The van der Waals surface area contributed by atoms with Crippen molar-refractivity contribution in [2.24, 2.45) is 0 Å². The second-order valence-corrected chi connectivity index (χ2v) is 7.17. The predicted octanol–water partition coefficient (Wildman–Crippen LogP) is 2.67. The van der Waals surface area contributed by atoms with Crippen molar-refractivity contribution in [3.8, 4) is 22.7 Å². The molecule has 182 valence electrons. The van der Waals surface area contributed by atoms with E-state index in [4.69, 9.17) is 10.2 Å². The number of amides is 1. The lowest BCUT2D eigenvalue weighted by Gasteiger charge is -2.17. The van der Waals surface area contributed by atoms with Crippen LogP contribution in [0.1, 0.15) is 30.5 Å². The third-order valence-corrected chi connectivity index (χ3v) is 4.83. The van der Waals surface area contributed by atoms with Crippen LogP contribution in [-0.2, 0) is 4.79 Å². The van der Waals surface area contributed by atoms with Gasteiger partial charge < -0.3 is 15.5 Å². The molecule has 0 aliphatic rings. The van der Waals surface area contributed by atoms with Crippen LogP contribution >= 0.6 is 0 Å². The highest BCUT2D eigenvalue weighted by Gasteiger charge is 2.22. The number of nitrogens with zero attached hydrogens (tertiary/aromatic N) is 7. The Labute approximate surface area is 194 Å². The van der Waals surface area contributed by atoms with Crippen molar-refractivity contribution >= 4 is 11.7 Å². The molecule has 1 amide bonds. The number of nitrogen functional groups attached to an aromatic ring is 1. The number of hydrogen-bond acceptors (Lipinski definition) is 9. The van der Waals surface area contributed by atoms with Crippen molar-refractivity contribution < 1.29 is 26.8 Å². The molecule has 1 unspecified atom stereocenters. The molecule has 0 aromatic carbocycles. The number of anilines is 1. The van der Waals surface area contributed by atoms with Crippen LogP contribution in [0, 0.1) is 0 Å². The number of halogens is 4. The van der Waals surface area contributed by atoms with E-state index < -0.39 is 30.7 Å². The predicted molar refractivity (Wildman–Crippen MR) is 112 cm³/mol. The fourth-order valence-corrected chi connectivity index (χ4v) is 3.11. The number of carbonyl (C=O) groups excluding carboxylic acids is 1. The van der Waals surface area contributed by atoms with Crippen molar-refractivity contribution in [3.63, 3.8) is 0 Å². The molecule has 15 heteroatoms. The second-order valence-electron chi connectivity index (χ2n) is 7.17. The number of nitrogens with two attached hydrogens (primary N) is 1. The summed E-state index contributed by atoms with van der Waals surface area (Å²) in [5, 5.41) is 17.2. The average molecular weight is 491 g/mol. The Kier molecular flexibility index (Phi) is 6.93. The van der Waals surface area contributed by atoms with Gasteiger partial charge in [0.05, 0.1) is 23.5 Å². The molecule has 0 radical (unpaired) electrons. The molecular formula is C20H17F4N9O2. The Morgan fingerprint density at radius 3 is 2.43 bits per heavy atom. The number of alkyl halides is 4. The standard InChI is InChI=1S/C20H17F4N9O2/c21-16(22)18(34)26-6-5-14(33-9-13(29-32-33)10-2-4-15(25)28-7-10)12-3-1-11(8-27-12)19-30-31-20(35-19)17(23)24/h1-4,7-9,14,16-17H,5-6H2,(H2,25,28)(H,26,34).